The van der Waals surface area contributed by atoms with E-state index in [0.717, 1.165) is 18.7 Å². The number of piperazine rings is 1. The van der Waals surface area contributed by atoms with Crippen molar-refractivity contribution >= 4 is 5.69 Å². The smallest absolute Gasteiger partial charge is 0.368 e. The minimum Gasteiger partial charge on any atom is -0.368 e. The second-order valence-electron chi connectivity index (χ2n) is 4.64. The second-order valence-corrected chi connectivity index (χ2v) is 4.64. The van der Waals surface area contributed by atoms with Gasteiger partial charge in [-0.15, -0.1) is 0 Å². The van der Waals surface area contributed by atoms with Crippen LogP contribution in [0.3, 0.4) is 0 Å². The molecule has 0 amide bonds. The second kappa shape index (κ2) is 5.10. The average Bonchev–Trinajstić information content (AvgIpc) is 2.37. The number of hydrogen-bond donors (Lipinski definition) is 1. The largest absolute Gasteiger partial charge is 0.416 e. The maximum atomic E-state index is 12.6. The van der Waals surface area contributed by atoms with Gasteiger partial charge in [0.2, 0.25) is 0 Å². The predicted octanol–water partition coefficient (Wildman–Crippen LogP) is 2.38. The molecular formula is C13H14F3N3. The SMILES string of the molecule is CC1CN(c2ccc(C(F)(F)F)cc2C#N)CCN1. The van der Waals surface area contributed by atoms with Gasteiger partial charge < -0.3 is 10.2 Å². The lowest BCUT2D eigenvalue weighted by atomic mass is 10.1. The molecule has 0 saturated carbocycles. The van der Waals surface area contributed by atoms with E-state index in [2.05, 4.69) is 5.32 Å². The van der Waals surface area contributed by atoms with Crippen LogP contribution in [0.1, 0.15) is 18.1 Å². The van der Waals surface area contributed by atoms with Gasteiger partial charge in [0.1, 0.15) is 6.07 Å². The van der Waals surface area contributed by atoms with Gasteiger partial charge in [-0.1, -0.05) is 0 Å². The monoisotopic (exact) mass is 269 g/mol. The highest BCUT2D eigenvalue weighted by Gasteiger charge is 2.31. The van der Waals surface area contributed by atoms with E-state index in [9.17, 15) is 13.2 Å². The van der Waals surface area contributed by atoms with Crippen molar-refractivity contribution in [2.75, 3.05) is 24.5 Å². The molecule has 0 radical (unpaired) electrons. The Balaban J connectivity index is 2.34. The third-order valence-corrected chi connectivity index (χ3v) is 3.15. The van der Waals surface area contributed by atoms with Crippen molar-refractivity contribution in [2.24, 2.45) is 0 Å². The van der Waals surface area contributed by atoms with Gasteiger partial charge in [-0.05, 0) is 25.1 Å². The van der Waals surface area contributed by atoms with E-state index in [1.807, 2.05) is 17.9 Å². The van der Waals surface area contributed by atoms with Gasteiger partial charge in [0.25, 0.3) is 0 Å². The molecule has 1 unspecified atom stereocenters. The predicted molar refractivity (Wildman–Crippen MR) is 65.8 cm³/mol. The standard InChI is InChI=1S/C13H14F3N3/c1-9-8-19(5-4-18-9)12-3-2-11(13(14,15)16)6-10(12)7-17/h2-3,6,9,18H,4-5,8H2,1H3. The summed E-state index contributed by atoms with van der Waals surface area (Å²) >= 11 is 0. The molecule has 2 rings (SSSR count). The molecule has 1 aromatic carbocycles. The van der Waals surface area contributed by atoms with Crippen LogP contribution in [0.2, 0.25) is 0 Å². The van der Waals surface area contributed by atoms with E-state index in [4.69, 9.17) is 5.26 Å². The Kier molecular flexibility index (Phi) is 3.67. The van der Waals surface area contributed by atoms with Gasteiger partial charge >= 0.3 is 6.18 Å². The van der Waals surface area contributed by atoms with E-state index in [1.165, 1.54) is 6.07 Å². The summed E-state index contributed by atoms with van der Waals surface area (Å²) in [5.41, 5.74) is -0.135. The lowest BCUT2D eigenvalue weighted by Gasteiger charge is -2.34. The molecule has 1 aromatic rings. The molecule has 6 heteroatoms. The van der Waals surface area contributed by atoms with Crippen molar-refractivity contribution in [1.29, 1.82) is 5.26 Å². The van der Waals surface area contributed by atoms with Gasteiger partial charge in [-0.2, -0.15) is 18.4 Å². The summed E-state index contributed by atoms with van der Waals surface area (Å²) in [6.45, 7) is 4.12. The summed E-state index contributed by atoms with van der Waals surface area (Å²) in [5.74, 6) is 0. The maximum absolute atomic E-state index is 12.6. The van der Waals surface area contributed by atoms with Crippen LogP contribution in [-0.4, -0.2) is 25.7 Å². The van der Waals surface area contributed by atoms with Crippen molar-refractivity contribution in [3.63, 3.8) is 0 Å². The normalized spacial score (nSPS) is 20.2. The molecule has 102 valence electrons. The molecule has 1 fully saturated rings. The summed E-state index contributed by atoms with van der Waals surface area (Å²) in [6, 6.07) is 5.45. The van der Waals surface area contributed by atoms with Crippen LogP contribution in [0.15, 0.2) is 18.2 Å². The highest BCUT2D eigenvalue weighted by atomic mass is 19.4. The molecule has 1 atom stereocenters. The summed E-state index contributed by atoms with van der Waals surface area (Å²) in [5, 5.41) is 12.3. The Bertz CT molecular complexity index is 505. The number of rotatable bonds is 1. The third kappa shape index (κ3) is 2.99. The average molecular weight is 269 g/mol. The Labute approximate surface area is 109 Å². The topological polar surface area (TPSA) is 39.1 Å². The quantitative estimate of drug-likeness (QED) is 0.850. The Morgan fingerprint density at radius 3 is 2.74 bits per heavy atom. The van der Waals surface area contributed by atoms with Gasteiger partial charge in [-0.25, -0.2) is 0 Å². The zero-order valence-electron chi connectivity index (χ0n) is 10.5. The lowest BCUT2D eigenvalue weighted by molar-refractivity contribution is -0.137. The molecule has 1 N–H and O–H groups in total. The van der Waals surface area contributed by atoms with Crippen LogP contribution in [0.5, 0.6) is 0 Å². The molecular weight excluding hydrogens is 255 g/mol. The molecule has 1 aliphatic rings. The molecule has 1 heterocycles. The van der Waals surface area contributed by atoms with Crippen LogP contribution < -0.4 is 10.2 Å². The van der Waals surface area contributed by atoms with Crippen molar-refractivity contribution in [3.8, 4) is 6.07 Å². The number of nitrogens with zero attached hydrogens (tertiary/aromatic N) is 2. The third-order valence-electron chi connectivity index (χ3n) is 3.15. The van der Waals surface area contributed by atoms with E-state index in [0.29, 0.717) is 18.8 Å². The number of hydrogen-bond acceptors (Lipinski definition) is 3. The van der Waals surface area contributed by atoms with E-state index >= 15 is 0 Å². The van der Waals surface area contributed by atoms with Crippen LogP contribution in [0.4, 0.5) is 18.9 Å². The Morgan fingerprint density at radius 2 is 2.16 bits per heavy atom. The first-order chi connectivity index (χ1) is 8.91. The number of nitriles is 1. The van der Waals surface area contributed by atoms with Crippen molar-refractivity contribution < 1.29 is 13.2 Å². The first-order valence-corrected chi connectivity index (χ1v) is 6.01. The number of nitrogens with one attached hydrogen (secondary N) is 1. The van der Waals surface area contributed by atoms with E-state index < -0.39 is 11.7 Å². The summed E-state index contributed by atoms with van der Waals surface area (Å²) in [7, 11) is 0. The number of anilines is 1. The minimum atomic E-state index is -4.42. The summed E-state index contributed by atoms with van der Waals surface area (Å²) in [4.78, 5) is 1.94. The summed E-state index contributed by atoms with van der Waals surface area (Å²) < 4.78 is 37.8. The highest BCUT2D eigenvalue weighted by Crippen LogP contribution is 2.32. The number of halogens is 3. The minimum absolute atomic E-state index is 0.0731. The molecule has 1 saturated heterocycles. The zero-order chi connectivity index (χ0) is 14.0. The van der Waals surface area contributed by atoms with Crippen LogP contribution in [0, 0.1) is 11.3 Å². The zero-order valence-corrected chi connectivity index (χ0v) is 10.5. The fourth-order valence-electron chi connectivity index (χ4n) is 2.23. The van der Waals surface area contributed by atoms with Crippen molar-refractivity contribution in [2.45, 2.75) is 19.1 Å². The van der Waals surface area contributed by atoms with Gasteiger partial charge in [0.05, 0.1) is 16.8 Å². The van der Waals surface area contributed by atoms with Crippen molar-refractivity contribution in [1.82, 2.24) is 5.32 Å². The highest BCUT2D eigenvalue weighted by molar-refractivity contribution is 5.61. The number of benzene rings is 1. The fourth-order valence-corrected chi connectivity index (χ4v) is 2.23. The molecule has 0 bridgehead atoms. The van der Waals surface area contributed by atoms with Gasteiger partial charge in [0.15, 0.2) is 0 Å². The van der Waals surface area contributed by atoms with Crippen molar-refractivity contribution in [3.05, 3.63) is 29.3 Å². The molecule has 0 spiro atoms. The molecule has 19 heavy (non-hydrogen) atoms. The molecule has 1 aliphatic heterocycles. The summed E-state index contributed by atoms with van der Waals surface area (Å²) in [6.07, 6.45) is -4.42. The molecule has 0 aromatic heterocycles. The van der Waals surface area contributed by atoms with Crippen LogP contribution in [-0.2, 0) is 6.18 Å². The van der Waals surface area contributed by atoms with E-state index in [1.54, 1.807) is 0 Å². The maximum Gasteiger partial charge on any atom is 0.416 e. The first-order valence-electron chi connectivity index (χ1n) is 6.01. The lowest BCUT2D eigenvalue weighted by Crippen LogP contribution is -2.49. The molecule has 0 aliphatic carbocycles. The Hall–Kier alpha value is -1.74. The fraction of sp³-hybridized carbons (Fsp3) is 0.462. The van der Waals surface area contributed by atoms with Gasteiger partial charge in [0, 0.05) is 25.7 Å². The molecule has 3 nitrogen and oxygen atoms in total. The van der Waals surface area contributed by atoms with Crippen LogP contribution >= 0.6 is 0 Å². The van der Waals surface area contributed by atoms with Crippen LogP contribution in [0.25, 0.3) is 0 Å². The van der Waals surface area contributed by atoms with Gasteiger partial charge in [-0.3, -0.25) is 0 Å². The Morgan fingerprint density at radius 1 is 1.42 bits per heavy atom. The first kappa shape index (κ1) is 13.7. The van der Waals surface area contributed by atoms with E-state index in [-0.39, 0.29) is 11.6 Å². The number of alkyl halides is 3.